The molecule has 0 spiro atoms. The Morgan fingerprint density at radius 3 is 2.00 bits per heavy atom. The van der Waals surface area contributed by atoms with Gasteiger partial charge in [-0.25, -0.2) is 0 Å². The van der Waals surface area contributed by atoms with Crippen LogP contribution in [-0.4, -0.2) is 29.7 Å². The highest BCUT2D eigenvalue weighted by atomic mass is 16.2. The zero-order chi connectivity index (χ0) is 19.8. The zero-order valence-corrected chi connectivity index (χ0v) is 15.5. The summed E-state index contributed by atoms with van der Waals surface area (Å²) in [6.07, 6.45) is 0. The molecule has 0 saturated heterocycles. The van der Waals surface area contributed by atoms with E-state index in [0.29, 0.717) is 16.8 Å². The third-order valence-electron chi connectivity index (χ3n) is 4.88. The van der Waals surface area contributed by atoms with Gasteiger partial charge in [-0.05, 0) is 48.4 Å². The molecule has 0 aromatic heterocycles. The van der Waals surface area contributed by atoms with Gasteiger partial charge in [0.25, 0.3) is 17.7 Å². The molecule has 138 valence electrons. The molecule has 0 radical (unpaired) electrons. The lowest BCUT2D eigenvalue weighted by molar-refractivity contribution is 0.0693. The van der Waals surface area contributed by atoms with Gasteiger partial charge in [0.15, 0.2) is 0 Å². The predicted octanol–water partition coefficient (Wildman–Crippen LogP) is 4.14. The number of carbonyl (C=O) groups is 3. The van der Waals surface area contributed by atoms with Crippen LogP contribution in [0.25, 0.3) is 11.1 Å². The summed E-state index contributed by atoms with van der Waals surface area (Å²) in [5.41, 5.74) is 4.94. The summed E-state index contributed by atoms with van der Waals surface area (Å²) in [6.45, 7) is 2.04. The fourth-order valence-electron chi connectivity index (χ4n) is 3.20. The second-order valence-corrected chi connectivity index (χ2v) is 6.83. The molecule has 5 heteroatoms. The number of nitrogens with zero attached hydrogens (tertiary/aromatic N) is 1. The molecule has 0 unspecified atom stereocenters. The molecule has 0 fully saturated rings. The van der Waals surface area contributed by atoms with Crippen LogP contribution in [0.4, 0.5) is 5.69 Å². The Labute approximate surface area is 162 Å². The van der Waals surface area contributed by atoms with Crippen LogP contribution in [0.15, 0.2) is 66.7 Å². The Morgan fingerprint density at radius 1 is 0.786 bits per heavy atom. The van der Waals surface area contributed by atoms with Gasteiger partial charge in [0.1, 0.15) is 0 Å². The number of imide groups is 1. The number of anilines is 1. The van der Waals surface area contributed by atoms with E-state index >= 15 is 0 Å². The molecule has 3 amide bonds. The average Bonchev–Trinajstić information content (AvgIpc) is 2.93. The van der Waals surface area contributed by atoms with E-state index in [9.17, 15) is 14.4 Å². The first-order valence-electron chi connectivity index (χ1n) is 8.89. The van der Waals surface area contributed by atoms with Crippen LogP contribution in [0.3, 0.4) is 0 Å². The van der Waals surface area contributed by atoms with Crippen molar-refractivity contribution in [3.8, 4) is 11.1 Å². The summed E-state index contributed by atoms with van der Waals surface area (Å²) in [5, 5.41) is 2.83. The maximum Gasteiger partial charge on any atom is 0.261 e. The monoisotopic (exact) mass is 370 g/mol. The van der Waals surface area contributed by atoms with Crippen molar-refractivity contribution in [2.24, 2.45) is 0 Å². The highest BCUT2D eigenvalue weighted by Gasteiger charge is 2.33. The molecule has 1 heterocycles. The number of rotatable bonds is 3. The molecule has 5 nitrogen and oxygen atoms in total. The third kappa shape index (κ3) is 3.07. The van der Waals surface area contributed by atoms with Gasteiger partial charge in [-0.2, -0.15) is 0 Å². The summed E-state index contributed by atoms with van der Waals surface area (Å²) in [6, 6.07) is 20.3. The first kappa shape index (κ1) is 17.7. The SMILES string of the molecule is Cc1ccc(-c2ccc(NC(=O)c3ccc4c(c3)C(=O)N(C)C4=O)cc2)cc1. The van der Waals surface area contributed by atoms with E-state index in [0.717, 1.165) is 16.0 Å². The molecule has 1 aliphatic heterocycles. The molecule has 4 rings (SSSR count). The van der Waals surface area contributed by atoms with Gasteiger partial charge in [0.05, 0.1) is 11.1 Å². The molecule has 3 aromatic carbocycles. The smallest absolute Gasteiger partial charge is 0.261 e. The second-order valence-electron chi connectivity index (χ2n) is 6.83. The predicted molar refractivity (Wildman–Crippen MR) is 107 cm³/mol. The lowest BCUT2D eigenvalue weighted by atomic mass is 10.0. The van der Waals surface area contributed by atoms with Crippen LogP contribution >= 0.6 is 0 Å². The van der Waals surface area contributed by atoms with Gasteiger partial charge in [0, 0.05) is 18.3 Å². The third-order valence-corrected chi connectivity index (χ3v) is 4.88. The molecular weight excluding hydrogens is 352 g/mol. The Hall–Kier alpha value is -3.73. The van der Waals surface area contributed by atoms with Crippen molar-refractivity contribution in [2.75, 3.05) is 12.4 Å². The largest absolute Gasteiger partial charge is 0.322 e. The van der Waals surface area contributed by atoms with Crippen molar-refractivity contribution in [3.63, 3.8) is 0 Å². The Kier molecular flexibility index (Phi) is 4.28. The van der Waals surface area contributed by atoms with Crippen LogP contribution in [0.5, 0.6) is 0 Å². The van der Waals surface area contributed by atoms with Crippen LogP contribution < -0.4 is 5.32 Å². The standard InChI is InChI=1S/C23H18N2O3/c1-14-3-5-15(6-4-14)16-7-10-18(11-8-16)24-21(26)17-9-12-19-20(13-17)23(28)25(2)22(19)27/h3-13H,1-2H3,(H,24,26). The van der Waals surface area contributed by atoms with E-state index in [2.05, 4.69) is 29.6 Å². The van der Waals surface area contributed by atoms with E-state index < -0.39 is 5.91 Å². The lowest BCUT2D eigenvalue weighted by Crippen LogP contribution is -2.24. The second kappa shape index (κ2) is 6.78. The van der Waals surface area contributed by atoms with Crippen LogP contribution in [0, 0.1) is 6.92 Å². The highest BCUT2D eigenvalue weighted by Crippen LogP contribution is 2.24. The maximum atomic E-state index is 12.6. The number of carbonyl (C=O) groups excluding carboxylic acids is 3. The first-order chi connectivity index (χ1) is 13.4. The van der Waals surface area contributed by atoms with E-state index in [-0.39, 0.29) is 17.4 Å². The van der Waals surface area contributed by atoms with Crippen LogP contribution in [0.1, 0.15) is 36.6 Å². The molecule has 0 bridgehead atoms. The number of hydrogen-bond acceptors (Lipinski definition) is 3. The first-order valence-corrected chi connectivity index (χ1v) is 8.89. The van der Waals surface area contributed by atoms with Gasteiger partial charge in [-0.15, -0.1) is 0 Å². The van der Waals surface area contributed by atoms with Crippen molar-refractivity contribution in [1.29, 1.82) is 0 Å². The van der Waals surface area contributed by atoms with Crippen molar-refractivity contribution in [2.45, 2.75) is 6.92 Å². The molecule has 0 atom stereocenters. The van der Waals surface area contributed by atoms with Gasteiger partial charge >= 0.3 is 0 Å². The van der Waals surface area contributed by atoms with Crippen molar-refractivity contribution in [3.05, 3.63) is 89.0 Å². The van der Waals surface area contributed by atoms with E-state index in [1.165, 1.54) is 24.7 Å². The summed E-state index contributed by atoms with van der Waals surface area (Å²) in [4.78, 5) is 37.7. The summed E-state index contributed by atoms with van der Waals surface area (Å²) in [7, 11) is 1.43. The Bertz CT molecular complexity index is 1100. The maximum absolute atomic E-state index is 12.6. The van der Waals surface area contributed by atoms with Gasteiger partial charge in [0.2, 0.25) is 0 Å². The molecule has 0 saturated carbocycles. The summed E-state index contributed by atoms with van der Waals surface area (Å²) in [5.74, 6) is -1.07. The fourth-order valence-corrected chi connectivity index (χ4v) is 3.20. The van der Waals surface area contributed by atoms with Crippen LogP contribution in [-0.2, 0) is 0 Å². The minimum absolute atomic E-state index is 0.259. The summed E-state index contributed by atoms with van der Waals surface area (Å²) < 4.78 is 0. The minimum Gasteiger partial charge on any atom is -0.322 e. The number of amides is 3. The lowest BCUT2D eigenvalue weighted by Gasteiger charge is -2.08. The van der Waals surface area contributed by atoms with Gasteiger partial charge in [-0.1, -0.05) is 42.0 Å². The molecule has 1 N–H and O–H groups in total. The van der Waals surface area contributed by atoms with Gasteiger partial charge < -0.3 is 5.32 Å². The Morgan fingerprint density at radius 2 is 1.36 bits per heavy atom. The summed E-state index contributed by atoms with van der Waals surface area (Å²) >= 11 is 0. The molecule has 1 aliphatic rings. The molecule has 3 aromatic rings. The number of aryl methyl sites for hydroxylation is 1. The minimum atomic E-state index is -0.392. The van der Waals surface area contributed by atoms with E-state index in [4.69, 9.17) is 0 Å². The van der Waals surface area contributed by atoms with E-state index in [1.54, 1.807) is 6.07 Å². The number of benzene rings is 3. The van der Waals surface area contributed by atoms with Crippen molar-refractivity contribution in [1.82, 2.24) is 4.90 Å². The number of hydrogen-bond donors (Lipinski definition) is 1. The average molecular weight is 370 g/mol. The zero-order valence-electron chi connectivity index (χ0n) is 15.5. The fraction of sp³-hybridized carbons (Fsp3) is 0.0870. The number of fused-ring (bicyclic) bond motifs is 1. The Balaban J connectivity index is 1.52. The number of nitrogens with one attached hydrogen (secondary N) is 1. The highest BCUT2D eigenvalue weighted by molar-refractivity contribution is 6.22. The topological polar surface area (TPSA) is 66.5 Å². The van der Waals surface area contributed by atoms with E-state index in [1.807, 2.05) is 31.2 Å². The van der Waals surface area contributed by atoms with Crippen molar-refractivity contribution >= 4 is 23.4 Å². The van der Waals surface area contributed by atoms with Gasteiger partial charge in [-0.3, -0.25) is 19.3 Å². The van der Waals surface area contributed by atoms with Crippen molar-refractivity contribution < 1.29 is 14.4 Å². The normalized spacial score (nSPS) is 12.9. The quantitative estimate of drug-likeness (QED) is 0.705. The molecule has 28 heavy (non-hydrogen) atoms. The molecular formula is C23H18N2O3. The van der Waals surface area contributed by atoms with Crippen LogP contribution in [0.2, 0.25) is 0 Å². The molecule has 0 aliphatic carbocycles.